The van der Waals surface area contributed by atoms with Gasteiger partial charge in [0.1, 0.15) is 11.2 Å². The molecular formula is C24H26F5N5O4S. The third-order valence-electron chi connectivity index (χ3n) is 5.91. The fourth-order valence-electron chi connectivity index (χ4n) is 4.16. The van der Waals surface area contributed by atoms with Gasteiger partial charge in [-0.3, -0.25) is 4.57 Å². The van der Waals surface area contributed by atoms with Crippen molar-refractivity contribution in [3.05, 3.63) is 36.2 Å². The molecule has 1 atom stereocenters. The second-order valence-corrected chi connectivity index (χ2v) is 11.9. The molecule has 3 heterocycles. The van der Waals surface area contributed by atoms with Crippen molar-refractivity contribution in [1.82, 2.24) is 19.9 Å². The van der Waals surface area contributed by atoms with Crippen molar-refractivity contribution in [2.45, 2.75) is 62.1 Å². The average molecular weight is 576 g/mol. The van der Waals surface area contributed by atoms with Crippen molar-refractivity contribution in [2.24, 2.45) is 0 Å². The number of carbonyl (C=O) groups is 1. The Labute approximate surface area is 220 Å². The Kier molecular flexibility index (Phi) is 7.60. The van der Waals surface area contributed by atoms with Crippen LogP contribution in [0.1, 0.15) is 39.2 Å². The molecule has 3 aromatic rings. The highest BCUT2D eigenvalue weighted by atomic mass is 32.2. The Morgan fingerprint density at radius 3 is 2.54 bits per heavy atom. The molecule has 212 valence electrons. The number of carbonyl (C=O) groups excluding carboxylic acids is 1. The molecule has 0 saturated carbocycles. The number of sulfone groups is 1. The normalized spacial score (nSPS) is 17.0. The molecule has 2 N–H and O–H groups in total. The minimum absolute atomic E-state index is 0.0384. The molecule has 0 bridgehead atoms. The fourth-order valence-corrected chi connectivity index (χ4v) is 4.90. The predicted molar refractivity (Wildman–Crippen MR) is 132 cm³/mol. The number of hydrogen-bond donors (Lipinski definition) is 2. The standard InChI is InChI=1S/C24H26F5N5O4S/c1-23(2,3)38-22(35)34-12-16(15-7-6-14(9-18(15)34)39(36,37)20(25)26)19-17(24(27,28)29)11-31-21(33-19)32-13-5-4-8-30-10-13/h6-7,9,11-13,20,30H,4-5,8,10H2,1-3H3,(H,31,32,33)/t13-/m0/s1. The summed E-state index contributed by atoms with van der Waals surface area (Å²) in [7, 11) is -5.08. The maximum Gasteiger partial charge on any atom is 0.419 e. The van der Waals surface area contributed by atoms with E-state index in [2.05, 4.69) is 20.6 Å². The monoisotopic (exact) mass is 575 g/mol. The second kappa shape index (κ2) is 10.3. The summed E-state index contributed by atoms with van der Waals surface area (Å²) in [6.07, 6.45) is -2.72. The van der Waals surface area contributed by atoms with Gasteiger partial charge in [-0.15, -0.1) is 0 Å². The van der Waals surface area contributed by atoms with Crippen molar-refractivity contribution in [1.29, 1.82) is 0 Å². The number of aromatic nitrogens is 3. The molecule has 39 heavy (non-hydrogen) atoms. The summed E-state index contributed by atoms with van der Waals surface area (Å²) in [6, 6.07) is 2.56. The SMILES string of the molecule is CC(C)(C)OC(=O)n1cc(-c2nc(N[C@H]3CCCNC3)ncc2C(F)(F)F)c2ccc(S(=O)(=O)C(F)F)cc21. The zero-order chi connectivity index (χ0) is 28.8. The van der Waals surface area contributed by atoms with E-state index in [1.54, 1.807) is 20.8 Å². The number of nitrogens with one attached hydrogen (secondary N) is 2. The highest BCUT2D eigenvalue weighted by Crippen LogP contribution is 2.40. The van der Waals surface area contributed by atoms with E-state index in [0.29, 0.717) is 12.7 Å². The first kappa shape index (κ1) is 28.7. The second-order valence-electron chi connectivity index (χ2n) is 10.0. The Morgan fingerprint density at radius 1 is 1.23 bits per heavy atom. The van der Waals surface area contributed by atoms with E-state index in [1.165, 1.54) is 0 Å². The molecule has 9 nitrogen and oxygen atoms in total. The molecule has 1 saturated heterocycles. The number of hydrogen-bond acceptors (Lipinski definition) is 8. The largest absolute Gasteiger partial charge is 0.443 e. The summed E-state index contributed by atoms with van der Waals surface area (Å²) < 4.78 is 99.0. The summed E-state index contributed by atoms with van der Waals surface area (Å²) in [4.78, 5) is 20.1. The fraction of sp³-hybridized carbons (Fsp3) is 0.458. The molecule has 15 heteroatoms. The average Bonchev–Trinajstić information content (AvgIpc) is 3.22. The number of halogens is 5. The number of nitrogens with zero attached hydrogens (tertiary/aromatic N) is 3. The van der Waals surface area contributed by atoms with Crippen molar-refractivity contribution in [3.63, 3.8) is 0 Å². The van der Waals surface area contributed by atoms with Gasteiger partial charge in [-0.25, -0.2) is 23.2 Å². The van der Waals surface area contributed by atoms with Crippen LogP contribution in [0.4, 0.5) is 32.7 Å². The zero-order valence-electron chi connectivity index (χ0n) is 21.1. The molecule has 0 amide bonds. The van der Waals surface area contributed by atoms with Crippen LogP contribution < -0.4 is 10.6 Å². The Bertz CT molecular complexity index is 1490. The van der Waals surface area contributed by atoms with E-state index in [1.807, 2.05) is 0 Å². The first-order valence-electron chi connectivity index (χ1n) is 11.9. The highest BCUT2D eigenvalue weighted by Gasteiger charge is 2.37. The van der Waals surface area contributed by atoms with Crippen LogP contribution in [0.25, 0.3) is 22.2 Å². The van der Waals surface area contributed by atoms with Crippen molar-refractivity contribution < 1.29 is 39.9 Å². The first-order chi connectivity index (χ1) is 18.1. The molecule has 4 rings (SSSR count). The van der Waals surface area contributed by atoms with Crippen LogP contribution in [0.5, 0.6) is 0 Å². The summed E-state index contributed by atoms with van der Waals surface area (Å²) in [5.41, 5.74) is -3.27. The number of ether oxygens (including phenoxy) is 1. The number of fused-ring (bicyclic) bond motifs is 1. The maximum atomic E-state index is 14.0. The lowest BCUT2D eigenvalue weighted by Crippen LogP contribution is -2.38. The summed E-state index contributed by atoms with van der Waals surface area (Å²) in [5, 5.41) is 6.13. The third kappa shape index (κ3) is 6.13. The van der Waals surface area contributed by atoms with Crippen LogP contribution >= 0.6 is 0 Å². The molecule has 1 aromatic carbocycles. The van der Waals surface area contributed by atoms with Crippen molar-refractivity contribution >= 4 is 32.8 Å². The zero-order valence-corrected chi connectivity index (χ0v) is 22.0. The van der Waals surface area contributed by atoms with Crippen LogP contribution in [0.2, 0.25) is 0 Å². The van der Waals surface area contributed by atoms with Crippen LogP contribution in [0, 0.1) is 0 Å². The van der Waals surface area contributed by atoms with E-state index >= 15 is 0 Å². The van der Waals surface area contributed by atoms with Crippen LogP contribution in [0.3, 0.4) is 0 Å². The summed E-state index contributed by atoms with van der Waals surface area (Å²) in [5.74, 6) is -3.83. The van der Waals surface area contributed by atoms with Gasteiger partial charge < -0.3 is 15.4 Å². The van der Waals surface area contributed by atoms with Crippen LogP contribution in [-0.4, -0.2) is 59.5 Å². The van der Waals surface area contributed by atoms with E-state index < -0.39 is 49.6 Å². The smallest absolute Gasteiger partial charge is 0.419 e. The van der Waals surface area contributed by atoms with Gasteiger partial charge in [0.25, 0.3) is 0 Å². The summed E-state index contributed by atoms with van der Waals surface area (Å²) in [6.45, 7) is 6.01. The molecule has 1 aliphatic rings. The van der Waals surface area contributed by atoms with Gasteiger partial charge in [0.05, 0.1) is 16.1 Å². The molecule has 0 aliphatic carbocycles. The number of rotatable bonds is 5. The molecule has 0 unspecified atom stereocenters. The predicted octanol–water partition coefficient (Wildman–Crippen LogP) is 5.06. The summed E-state index contributed by atoms with van der Waals surface area (Å²) >= 11 is 0. The molecule has 1 fully saturated rings. The van der Waals surface area contributed by atoms with Crippen molar-refractivity contribution in [3.8, 4) is 11.3 Å². The highest BCUT2D eigenvalue weighted by molar-refractivity contribution is 7.91. The van der Waals surface area contributed by atoms with Gasteiger partial charge in [-0.2, -0.15) is 22.0 Å². The minimum Gasteiger partial charge on any atom is -0.443 e. The minimum atomic E-state index is -5.08. The maximum absolute atomic E-state index is 14.0. The van der Waals surface area contributed by atoms with Crippen LogP contribution in [-0.2, 0) is 20.8 Å². The number of anilines is 1. The molecule has 2 aromatic heterocycles. The van der Waals surface area contributed by atoms with E-state index in [-0.39, 0.29) is 28.5 Å². The van der Waals surface area contributed by atoms with Crippen molar-refractivity contribution in [2.75, 3.05) is 18.4 Å². The van der Waals surface area contributed by atoms with Gasteiger partial charge >= 0.3 is 18.0 Å². The van der Waals surface area contributed by atoms with Gasteiger partial charge in [-0.1, -0.05) is 6.07 Å². The number of benzene rings is 1. The topological polar surface area (TPSA) is 115 Å². The lowest BCUT2D eigenvalue weighted by Gasteiger charge is -2.24. The van der Waals surface area contributed by atoms with E-state index in [4.69, 9.17) is 4.74 Å². The van der Waals surface area contributed by atoms with E-state index in [9.17, 15) is 35.2 Å². The Balaban J connectivity index is 1.94. The quantitative estimate of drug-likeness (QED) is 0.406. The molecular weight excluding hydrogens is 549 g/mol. The van der Waals surface area contributed by atoms with Gasteiger partial charge in [0, 0.05) is 35.9 Å². The molecule has 0 radical (unpaired) electrons. The lowest BCUT2D eigenvalue weighted by atomic mass is 10.1. The number of alkyl halides is 5. The van der Waals surface area contributed by atoms with Gasteiger partial charge in [0.2, 0.25) is 15.8 Å². The first-order valence-corrected chi connectivity index (χ1v) is 13.4. The van der Waals surface area contributed by atoms with E-state index in [0.717, 1.165) is 48.3 Å². The van der Waals surface area contributed by atoms with Crippen LogP contribution in [0.15, 0.2) is 35.5 Å². The molecule has 1 aliphatic heterocycles. The third-order valence-corrected chi connectivity index (χ3v) is 7.29. The Morgan fingerprint density at radius 2 is 1.95 bits per heavy atom. The Hall–Kier alpha value is -3.33. The molecule has 0 spiro atoms. The number of piperidine rings is 1. The van der Waals surface area contributed by atoms with Gasteiger partial charge in [-0.05, 0) is 52.3 Å². The lowest BCUT2D eigenvalue weighted by molar-refractivity contribution is -0.137. The van der Waals surface area contributed by atoms with Gasteiger partial charge in [0.15, 0.2) is 0 Å².